The van der Waals surface area contributed by atoms with Crippen LogP contribution in [0.1, 0.15) is 71.1 Å². The van der Waals surface area contributed by atoms with Crippen LogP contribution in [0.5, 0.6) is 0 Å². The molecule has 0 fully saturated rings. The van der Waals surface area contributed by atoms with Crippen LogP contribution in [0, 0.1) is 0 Å². The zero-order valence-corrected chi connectivity index (χ0v) is 12.5. The van der Waals surface area contributed by atoms with Crippen LogP contribution in [0.15, 0.2) is 0 Å². The van der Waals surface area contributed by atoms with Crippen LogP contribution in [0.25, 0.3) is 0 Å². The van der Waals surface area contributed by atoms with Gasteiger partial charge in [0, 0.05) is 6.42 Å². The minimum atomic E-state index is -4.67. The van der Waals surface area contributed by atoms with Crippen LogP contribution in [0.3, 0.4) is 0 Å². The Hall–Kier alpha value is 0.340. The second-order valence-corrected chi connectivity index (χ2v) is 5.39. The molecule has 0 aliphatic rings. The van der Waals surface area contributed by atoms with Gasteiger partial charge in [-0.25, -0.2) is 0 Å². The van der Waals surface area contributed by atoms with E-state index in [0.717, 1.165) is 12.8 Å². The van der Waals surface area contributed by atoms with Crippen LogP contribution in [0.4, 0.5) is 0 Å². The van der Waals surface area contributed by atoms with Crippen molar-refractivity contribution in [2.24, 2.45) is 5.73 Å². The first-order valence-electron chi connectivity index (χ1n) is 6.75. The normalized spacial score (nSPS) is 10.2. The molecule has 0 atom stereocenters. The van der Waals surface area contributed by atoms with Gasteiger partial charge in [0.25, 0.3) is 0 Å². The van der Waals surface area contributed by atoms with Gasteiger partial charge in [-0.2, -0.15) is 8.42 Å². The third-order valence-electron chi connectivity index (χ3n) is 2.53. The third-order valence-corrected chi connectivity index (χ3v) is 2.53. The van der Waals surface area contributed by atoms with E-state index in [2.05, 4.69) is 6.92 Å². The Labute approximate surface area is 144 Å². The number of nitrogens with two attached hydrogens (primary N) is 1. The maximum absolute atomic E-state index is 10.4. The van der Waals surface area contributed by atoms with Crippen molar-refractivity contribution in [1.82, 2.24) is 0 Å². The van der Waals surface area contributed by atoms with Gasteiger partial charge in [0.2, 0.25) is 5.91 Å². The Balaban J connectivity index is -0.000000414. The first kappa shape index (κ1) is 25.3. The van der Waals surface area contributed by atoms with E-state index in [1.807, 2.05) is 0 Å². The summed E-state index contributed by atoms with van der Waals surface area (Å²) >= 11 is 0. The fourth-order valence-corrected chi connectivity index (χ4v) is 1.61. The molecule has 0 spiro atoms. The second-order valence-electron chi connectivity index (χ2n) is 4.49. The Morgan fingerprint density at radius 3 is 1.50 bits per heavy atom. The van der Waals surface area contributed by atoms with Gasteiger partial charge in [-0.1, -0.05) is 58.3 Å². The van der Waals surface area contributed by atoms with Crippen LogP contribution < -0.4 is 5.73 Å². The summed E-state index contributed by atoms with van der Waals surface area (Å²) in [4.78, 5) is 10.4. The number of hydrogen-bond acceptors (Lipinski definition) is 3. The summed E-state index contributed by atoms with van der Waals surface area (Å²) in [5.74, 6) is -0.159. The number of carbonyl (C=O) groups is 1. The molecular weight excluding hydrogens is 293 g/mol. The minimum absolute atomic E-state index is 0. The van der Waals surface area contributed by atoms with Crippen LogP contribution >= 0.6 is 0 Å². The molecule has 1 amide bonds. The van der Waals surface area contributed by atoms with E-state index in [1.165, 1.54) is 44.9 Å². The molecule has 118 valence electrons. The number of hydrogen-bond donors (Lipinski definition) is 3. The molecule has 0 aromatic rings. The zero-order valence-electron chi connectivity index (χ0n) is 11.7. The Morgan fingerprint density at radius 2 is 1.20 bits per heavy atom. The molecule has 0 aromatic heterocycles. The molecule has 0 saturated carbocycles. The average molecular weight is 321 g/mol. The number of amides is 1. The summed E-state index contributed by atoms with van der Waals surface area (Å²) < 4.78 is 31.6. The molecule has 0 aromatic carbocycles. The van der Waals surface area contributed by atoms with Crippen molar-refractivity contribution in [3.8, 4) is 0 Å². The van der Waals surface area contributed by atoms with Crippen molar-refractivity contribution < 1.29 is 22.3 Å². The Morgan fingerprint density at radius 1 is 0.900 bits per heavy atom. The fourth-order valence-electron chi connectivity index (χ4n) is 1.61. The molecule has 0 aliphatic carbocycles. The van der Waals surface area contributed by atoms with Crippen molar-refractivity contribution in [3.05, 3.63) is 0 Å². The quantitative estimate of drug-likeness (QED) is 0.323. The van der Waals surface area contributed by atoms with Crippen molar-refractivity contribution in [2.45, 2.75) is 71.1 Å². The SMILES string of the molecule is CCCCCCCCCCCC(N)=O.O=S(=O)(O)O.[NaH]. The van der Waals surface area contributed by atoms with Crippen molar-refractivity contribution in [2.75, 3.05) is 0 Å². The van der Waals surface area contributed by atoms with Crippen LogP contribution in [0.2, 0.25) is 0 Å². The van der Waals surface area contributed by atoms with Crippen molar-refractivity contribution in [3.63, 3.8) is 0 Å². The maximum atomic E-state index is 10.4. The summed E-state index contributed by atoms with van der Waals surface area (Å²) in [6.07, 6.45) is 12.1. The van der Waals surface area contributed by atoms with Crippen molar-refractivity contribution in [1.29, 1.82) is 0 Å². The summed E-state index contributed by atoms with van der Waals surface area (Å²) in [5.41, 5.74) is 5.05. The molecule has 4 N–H and O–H groups in total. The Bertz CT molecular complexity index is 301. The van der Waals surface area contributed by atoms with Gasteiger partial charge in [-0.15, -0.1) is 0 Å². The number of rotatable bonds is 10. The van der Waals surface area contributed by atoms with Crippen LogP contribution in [-0.4, -0.2) is 53.0 Å². The molecular formula is C12H28NNaO5S. The number of primary amides is 1. The molecule has 0 radical (unpaired) electrons. The van der Waals surface area contributed by atoms with Gasteiger partial charge in [-0.3, -0.25) is 13.9 Å². The van der Waals surface area contributed by atoms with Gasteiger partial charge >= 0.3 is 40.0 Å². The van der Waals surface area contributed by atoms with E-state index in [1.54, 1.807) is 0 Å². The first-order chi connectivity index (χ1) is 8.77. The third kappa shape index (κ3) is 42.9. The van der Waals surface area contributed by atoms with E-state index in [4.69, 9.17) is 23.3 Å². The van der Waals surface area contributed by atoms with Gasteiger partial charge < -0.3 is 5.73 Å². The summed E-state index contributed by atoms with van der Waals surface area (Å²) in [6.45, 7) is 2.24. The molecule has 20 heavy (non-hydrogen) atoms. The van der Waals surface area contributed by atoms with Gasteiger partial charge in [0.15, 0.2) is 0 Å². The topological polar surface area (TPSA) is 118 Å². The van der Waals surface area contributed by atoms with Crippen molar-refractivity contribution >= 4 is 45.9 Å². The average Bonchev–Trinajstić information content (AvgIpc) is 2.24. The monoisotopic (exact) mass is 321 g/mol. The Kier molecular flexibility index (Phi) is 22.0. The van der Waals surface area contributed by atoms with E-state index in [0.29, 0.717) is 6.42 Å². The molecule has 8 heteroatoms. The predicted octanol–water partition coefficient (Wildman–Crippen LogP) is 2.09. The predicted molar refractivity (Wildman–Crippen MR) is 82.4 cm³/mol. The van der Waals surface area contributed by atoms with E-state index < -0.39 is 10.4 Å². The molecule has 0 aliphatic heterocycles. The molecule has 0 bridgehead atoms. The van der Waals surface area contributed by atoms with Gasteiger partial charge in [-0.05, 0) is 6.42 Å². The van der Waals surface area contributed by atoms with Crippen LogP contribution in [-0.2, 0) is 15.2 Å². The molecule has 0 rings (SSSR count). The first-order valence-corrected chi connectivity index (χ1v) is 8.15. The second kappa shape index (κ2) is 17.4. The standard InChI is InChI=1S/C12H25NO.Na.H2O4S.H/c1-2-3-4-5-6-7-8-9-10-11-12(13)14;;1-5(2,3)4;/h2-11H2,1H3,(H2,13,14);;(H2,1,2,3,4);. The number of carbonyl (C=O) groups excluding carboxylic acids is 1. The van der Waals surface area contributed by atoms with E-state index >= 15 is 0 Å². The van der Waals surface area contributed by atoms with Gasteiger partial charge in [0.1, 0.15) is 0 Å². The summed E-state index contributed by atoms with van der Waals surface area (Å²) in [6, 6.07) is 0. The molecule has 0 heterocycles. The fraction of sp³-hybridized carbons (Fsp3) is 0.917. The van der Waals surface area contributed by atoms with E-state index in [9.17, 15) is 4.79 Å². The summed E-state index contributed by atoms with van der Waals surface area (Å²) in [7, 11) is -4.67. The van der Waals surface area contributed by atoms with E-state index in [-0.39, 0.29) is 35.5 Å². The van der Waals surface area contributed by atoms with Gasteiger partial charge in [0.05, 0.1) is 0 Å². The zero-order chi connectivity index (χ0) is 15.1. The summed E-state index contributed by atoms with van der Waals surface area (Å²) in [5, 5.41) is 0. The molecule has 0 unspecified atom stereocenters. The number of unbranched alkanes of at least 4 members (excludes halogenated alkanes) is 8. The molecule has 0 saturated heterocycles. The molecule has 6 nitrogen and oxygen atoms in total.